The molecule has 2 amide bonds. The molecule has 1 aromatic carbocycles. The van der Waals surface area contributed by atoms with E-state index < -0.39 is 5.25 Å². The molecule has 1 N–H and O–H groups in total. The van der Waals surface area contributed by atoms with Crippen LogP contribution in [0.1, 0.15) is 64.7 Å². The summed E-state index contributed by atoms with van der Waals surface area (Å²) in [6.07, 6.45) is 9.48. The fourth-order valence-corrected chi connectivity index (χ4v) is 4.79. The molecule has 1 heterocycles. The molecule has 5 nitrogen and oxygen atoms in total. The number of hydrogen-bond donors (Lipinski definition) is 1. The topological polar surface area (TPSA) is 61.8 Å². The first kappa shape index (κ1) is 20.9. The number of benzene rings is 1. The predicted molar refractivity (Wildman–Crippen MR) is 117 cm³/mol. The van der Waals surface area contributed by atoms with Crippen molar-refractivity contribution in [3.8, 4) is 0 Å². The summed E-state index contributed by atoms with van der Waals surface area (Å²) in [5.74, 6) is -0.186. The lowest BCUT2D eigenvalue weighted by Gasteiger charge is -2.23. The van der Waals surface area contributed by atoms with Gasteiger partial charge in [0.2, 0.25) is 5.91 Å². The van der Waals surface area contributed by atoms with E-state index in [9.17, 15) is 9.59 Å². The zero-order valence-corrected chi connectivity index (χ0v) is 17.5. The third-order valence-corrected chi connectivity index (χ3v) is 6.47. The van der Waals surface area contributed by atoms with Gasteiger partial charge < -0.3 is 10.2 Å². The molecule has 6 heteroatoms. The van der Waals surface area contributed by atoms with Crippen LogP contribution in [-0.4, -0.2) is 34.8 Å². The Hall–Kier alpha value is -1.82. The average molecular weight is 402 g/mol. The molecule has 1 unspecified atom stereocenters. The lowest BCUT2D eigenvalue weighted by molar-refractivity contribution is -0.122. The van der Waals surface area contributed by atoms with Crippen LogP contribution in [0.3, 0.4) is 0 Å². The second kappa shape index (κ2) is 10.6. The summed E-state index contributed by atoms with van der Waals surface area (Å²) in [6, 6.07) is 10.1. The zero-order chi connectivity index (χ0) is 19.8. The van der Waals surface area contributed by atoms with E-state index in [4.69, 9.17) is 0 Å². The summed E-state index contributed by atoms with van der Waals surface area (Å²) < 4.78 is 0. The zero-order valence-electron chi connectivity index (χ0n) is 16.7. The maximum absolute atomic E-state index is 13.0. The molecule has 0 saturated heterocycles. The molecule has 0 radical (unpaired) electrons. The van der Waals surface area contributed by atoms with Crippen molar-refractivity contribution in [3.63, 3.8) is 0 Å². The maximum atomic E-state index is 13.0. The van der Waals surface area contributed by atoms with Crippen LogP contribution in [0.2, 0.25) is 0 Å². The van der Waals surface area contributed by atoms with Gasteiger partial charge >= 0.3 is 0 Å². The fourth-order valence-electron chi connectivity index (χ4n) is 3.77. The van der Waals surface area contributed by atoms with Gasteiger partial charge in [-0.3, -0.25) is 9.59 Å². The molecule has 152 valence electrons. The molecular weight excluding hydrogens is 370 g/mol. The molecule has 1 fully saturated rings. The Morgan fingerprint density at radius 3 is 2.57 bits per heavy atom. The second-order valence-electron chi connectivity index (χ2n) is 7.63. The van der Waals surface area contributed by atoms with Gasteiger partial charge in [0, 0.05) is 24.7 Å². The quantitative estimate of drug-likeness (QED) is 0.683. The first-order valence-electron chi connectivity index (χ1n) is 10.6. The van der Waals surface area contributed by atoms with Gasteiger partial charge in [0.05, 0.1) is 0 Å². The molecule has 28 heavy (non-hydrogen) atoms. The van der Waals surface area contributed by atoms with Gasteiger partial charge in [-0.15, -0.1) is 0 Å². The highest BCUT2D eigenvalue weighted by atomic mass is 32.2. The Balaban J connectivity index is 1.57. The van der Waals surface area contributed by atoms with Gasteiger partial charge in [-0.1, -0.05) is 69.0 Å². The van der Waals surface area contributed by atoms with E-state index in [-0.39, 0.29) is 18.2 Å². The van der Waals surface area contributed by atoms with Gasteiger partial charge in [-0.25, -0.2) is 0 Å². The van der Waals surface area contributed by atoms with Crippen molar-refractivity contribution in [2.24, 2.45) is 4.99 Å². The minimum Gasteiger partial charge on any atom is -0.362 e. The highest BCUT2D eigenvalue weighted by Crippen LogP contribution is 2.27. The number of nitrogens with zero attached hydrogens (tertiary/aromatic N) is 2. The number of rotatable bonds is 7. The lowest BCUT2D eigenvalue weighted by atomic mass is 10.1. The number of amidine groups is 1. The van der Waals surface area contributed by atoms with E-state index in [1.807, 2.05) is 35.2 Å². The molecule has 1 aliphatic carbocycles. The number of thioether (sulfide) groups is 1. The molecule has 0 bridgehead atoms. The number of aliphatic imine (C=N–C) groups is 1. The number of hydrogen-bond acceptors (Lipinski definition) is 4. The molecule has 0 aromatic heterocycles. The Morgan fingerprint density at radius 2 is 1.89 bits per heavy atom. The van der Waals surface area contributed by atoms with E-state index in [0.717, 1.165) is 31.4 Å². The summed E-state index contributed by atoms with van der Waals surface area (Å²) in [5, 5.41) is 3.75. The van der Waals surface area contributed by atoms with Crippen LogP contribution < -0.4 is 10.2 Å². The number of carbonyl (C=O) groups excluding carboxylic acids is 2. The normalized spacial score (nSPS) is 20.5. The number of nitrogens with one attached hydrogen (secondary N) is 1. The van der Waals surface area contributed by atoms with Crippen molar-refractivity contribution < 1.29 is 9.59 Å². The average Bonchev–Trinajstić information content (AvgIpc) is 2.88. The van der Waals surface area contributed by atoms with Crippen molar-refractivity contribution >= 4 is 34.4 Å². The van der Waals surface area contributed by atoms with Crippen molar-refractivity contribution in [1.29, 1.82) is 0 Å². The largest absolute Gasteiger partial charge is 0.362 e. The minimum atomic E-state index is -0.409. The van der Waals surface area contributed by atoms with Gasteiger partial charge in [0.25, 0.3) is 5.91 Å². The van der Waals surface area contributed by atoms with E-state index in [2.05, 4.69) is 17.2 Å². The van der Waals surface area contributed by atoms with Crippen LogP contribution in [0.15, 0.2) is 35.3 Å². The number of carbonyl (C=O) groups is 2. The summed E-state index contributed by atoms with van der Waals surface area (Å²) in [5.41, 5.74) is 0.897. The van der Waals surface area contributed by atoms with Crippen LogP contribution in [0.25, 0.3) is 0 Å². The lowest BCUT2D eigenvalue weighted by Crippen LogP contribution is -2.35. The summed E-state index contributed by atoms with van der Waals surface area (Å²) in [7, 11) is 0. The Morgan fingerprint density at radius 1 is 1.18 bits per heavy atom. The molecule has 1 atom stereocenters. The van der Waals surface area contributed by atoms with E-state index in [1.54, 1.807) is 0 Å². The highest BCUT2D eigenvalue weighted by molar-refractivity contribution is 8.15. The summed E-state index contributed by atoms with van der Waals surface area (Å²) >= 11 is 1.43. The molecule has 1 aromatic rings. The number of amides is 2. The Bertz CT molecular complexity index is 684. The fraction of sp³-hybridized carbons (Fsp3) is 0.591. The third kappa shape index (κ3) is 5.84. The van der Waals surface area contributed by atoms with Gasteiger partial charge in [0.1, 0.15) is 5.25 Å². The molecule has 1 aliphatic heterocycles. The first-order chi connectivity index (χ1) is 13.7. The molecule has 2 aliphatic rings. The van der Waals surface area contributed by atoms with Crippen LogP contribution in [0.4, 0.5) is 5.69 Å². The second-order valence-corrected chi connectivity index (χ2v) is 8.82. The van der Waals surface area contributed by atoms with Crippen molar-refractivity contribution in [2.75, 3.05) is 11.4 Å². The summed E-state index contributed by atoms with van der Waals surface area (Å²) in [6.45, 7) is 2.79. The van der Waals surface area contributed by atoms with Gasteiger partial charge in [-0.2, -0.15) is 4.99 Å². The SMILES string of the molecule is CCCCN(C(=O)CC1SC(NC2CCCCCC2)=NC1=O)c1ccccc1. The van der Waals surface area contributed by atoms with Crippen LogP contribution in [-0.2, 0) is 9.59 Å². The number of unbranched alkanes of at least 4 members (excludes halogenated alkanes) is 1. The third-order valence-electron chi connectivity index (χ3n) is 5.39. The van der Waals surface area contributed by atoms with Crippen LogP contribution in [0.5, 0.6) is 0 Å². The maximum Gasteiger partial charge on any atom is 0.262 e. The molecular formula is C22H31N3O2S. The van der Waals surface area contributed by atoms with E-state index in [0.29, 0.717) is 17.8 Å². The predicted octanol–water partition coefficient (Wildman–Crippen LogP) is 4.52. The van der Waals surface area contributed by atoms with Crippen LogP contribution in [0, 0.1) is 0 Å². The molecule has 0 spiro atoms. The van der Waals surface area contributed by atoms with Gasteiger partial charge in [0.15, 0.2) is 5.17 Å². The van der Waals surface area contributed by atoms with Crippen molar-refractivity contribution in [3.05, 3.63) is 30.3 Å². The number of para-hydroxylation sites is 1. The number of anilines is 1. The van der Waals surface area contributed by atoms with Crippen LogP contribution >= 0.6 is 11.8 Å². The van der Waals surface area contributed by atoms with E-state index in [1.165, 1.54) is 37.4 Å². The van der Waals surface area contributed by atoms with Gasteiger partial charge in [-0.05, 0) is 31.4 Å². The van der Waals surface area contributed by atoms with Crippen molar-refractivity contribution in [1.82, 2.24) is 5.32 Å². The minimum absolute atomic E-state index is 0.00332. The van der Waals surface area contributed by atoms with Crippen molar-refractivity contribution in [2.45, 2.75) is 76.0 Å². The smallest absolute Gasteiger partial charge is 0.262 e. The Labute approximate surface area is 172 Å². The molecule has 3 rings (SSSR count). The Kier molecular flexibility index (Phi) is 7.95. The monoisotopic (exact) mass is 401 g/mol. The highest BCUT2D eigenvalue weighted by Gasteiger charge is 2.33. The summed E-state index contributed by atoms with van der Waals surface area (Å²) in [4.78, 5) is 31.4. The first-order valence-corrected chi connectivity index (χ1v) is 11.5. The molecule has 1 saturated carbocycles. The standard InChI is InChI=1S/C22H31N3O2S/c1-2-3-15-25(18-13-9-6-10-14-18)20(26)16-19-21(27)24-22(28-19)23-17-11-7-4-5-8-12-17/h6,9-10,13-14,17,19H,2-5,7-8,11-12,15-16H2,1H3,(H,23,24,27). The van der Waals surface area contributed by atoms with E-state index >= 15 is 0 Å².